The first-order valence-corrected chi connectivity index (χ1v) is 10.2. The van der Waals surface area contributed by atoms with E-state index in [4.69, 9.17) is 4.74 Å². The minimum atomic E-state index is -1.01. The summed E-state index contributed by atoms with van der Waals surface area (Å²) in [5.41, 5.74) is 3.23. The largest absolute Gasteiger partial charge is 0.494 e. The second-order valence-corrected chi connectivity index (χ2v) is 7.83. The fourth-order valence-electron chi connectivity index (χ4n) is 3.68. The number of ether oxygens (including phenoxy) is 1. The van der Waals surface area contributed by atoms with Gasteiger partial charge in [0.15, 0.2) is 17.2 Å². The lowest BCUT2D eigenvalue weighted by molar-refractivity contribution is 0.167. The summed E-state index contributed by atoms with van der Waals surface area (Å²) in [5, 5.41) is 20.9. The molecule has 166 valence electrons. The average Bonchev–Trinajstić information content (AvgIpc) is 3.14. The quantitative estimate of drug-likeness (QED) is 0.325. The van der Waals surface area contributed by atoms with Crippen LogP contribution in [0.25, 0.3) is 22.6 Å². The van der Waals surface area contributed by atoms with E-state index in [0.717, 1.165) is 5.56 Å². The number of para-hydroxylation sites is 1. The van der Waals surface area contributed by atoms with E-state index < -0.39 is 18.3 Å². The highest BCUT2D eigenvalue weighted by molar-refractivity contribution is 5.91. The Morgan fingerprint density at radius 3 is 2.81 bits per heavy atom. The number of H-pyrrole nitrogens is 1. The number of aryl methyl sites for hydroxylation is 2. The van der Waals surface area contributed by atoms with Crippen LogP contribution in [0.2, 0.25) is 0 Å². The van der Waals surface area contributed by atoms with Crippen LogP contribution in [-0.2, 0) is 7.05 Å². The summed E-state index contributed by atoms with van der Waals surface area (Å²) in [6.45, 7) is 1.83. The number of anilines is 3. The van der Waals surface area contributed by atoms with Gasteiger partial charge >= 0.3 is 0 Å². The topological polar surface area (TPSA) is 126 Å². The van der Waals surface area contributed by atoms with Gasteiger partial charge in [-0.25, -0.2) is 19.3 Å². The Kier molecular flexibility index (Phi) is 4.89. The molecule has 0 bridgehead atoms. The SMILES string of the molecule is COc1c(Nc2cc(N[C@H](O)C3C[C@@H]3F)nc3[nH]c(C)nc23)cccc1-c1ncn(C)n1. The summed E-state index contributed by atoms with van der Waals surface area (Å²) in [4.78, 5) is 16.4. The van der Waals surface area contributed by atoms with Crippen molar-refractivity contribution in [1.82, 2.24) is 29.7 Å². The molecule has 5 rings (SSSR count). The van der Waals surface area contributed by atoms with Gasteiger partial charge in [-0.15, -0.1) is 0 Å². The number of methoxy groups -OCH3 is 1. The molecular formula is C21H23FN8O2. The second-order valence-electron chi connectivity index (χ2n) is 7.83. The van der Waals surface area contributed by atoms with E-state index in [1.165, 1.54) is 0 Å². The van der Waals surface area contributed by atoms with Gasteiger partial charge in [0, 0.05) is 19.0 Å². The molecule has 1 aliphatic rings. The van der Waals surface area contributed by atoms with Crippen LogP contribution in [0, 0.1) is 12.8 Å². The van der Waals surface area contributed by atoms with Crippen LogP contribution in [0.4, 0.5) is 21.6 Å². The molecule has 1 fully saturated rings. The molecule has 3 atom stereocenters. The Balaban J connectivity index is 1.53. The van der Waals surface area contributed by atoms with E-state index >= 15 is 0 Å². The van der Waals surface area contributed by atoms with Gasteiger partial charge in [0.25, 0.3) is 0 Å². The van der Waals surface area contributed by atoms with E-state index in [2.05, 4.69) is 35.7 Å². The van der Waals surface area contributed by atoms with Crippen LogP contribution in [-0.4, -0.2) is 54.3 Å². The Morgan fingerprint density at radius 1 is 1.31 bits per heavy atom. The van der Waals surface area contributed by atoms with Gasteiger partial charge in [-0.2, -0.15) is 5.10 Å². The number of nitrogens with one attached hydrogen (secondary N) is 3. The Morgan fingerprint density at radius 2 is 2.12 bits per heavy atom. The van der Waals surface area contributed by atoms with Crippen molar-refractivity contribution >= 4 is 28.4 Å². The fourth-order valence-corrected chi connectivity index (χ4v) is 3.68. The van der Waals surface area contributed by atoms with Crippen molar-refractivity contribution in [3.8, 4) is 17.1 Å². The molecule has 1 aromatic carbocycles. The van der Waals surface area contributed by atoms with Crippen molar-refractivity contribution in [2.45, 2.75) is 25.7 Å². The summed E-state index contributed by atoms with van der Waals surface area (Å²) in [7, 11) is 3.38. The number of aliphatic hydroxyl groups excluding tert-OH is 1. The molecule has 0 saturated heterocycles. The van der Waals surface area contributed by atoms with Crippen LogP contribution >= 0.6 is 0 Å². The number of aliphatic hydroxyl groups is 1. The average molecular weight is 438 g/mol. The summed E-state index contributed by atoms with van der Waals surface area (Å²) in [6, 6.07) is 7.36. The van der Waals surface area contributed by atoms with Crippen molar-refractivity contribution in [1.29, 1.82) is 0 Å². The highest BCUT2D eigenvalue weighted by atomic mass is 19.1. The third-order valence-corrected chi connectivity index (χ3v) is 5.36. The van der Waals surface area contributed by atoms with Crippen LogP contribution in [0.3, 0.4) is 0 Å². The van der Waals surface area contributed by atoms with E-state index in [9.17, 15) is 9.50 Å². The summed E-state index contributed by atoms with van der Waals surface area (Å²) in [5.74, 6) is 1.78. The molecule has 3 aromatic heterocycles. The second kappa shape index (κ2) is 7.75. The maximum atomic E-state index is 13.3. The number of imidazole rings is 1. The Bertz CT molecular complexity index is 1290. The number of fused-ring (bicyclic) bond motifs is 1. The van der Waals surface area contributed by atoms with Gasteiger partial charge in [-0.1, -0.05) is 6.07 Å². The maximum Gasteiger partial charge on any atom is 0.184 e. The highest BCUT2D eigenvalue weighted by Gasteiger charge is 2.43. The maximum absolute atomic E-state index is 13.3. The van der Waals surface area contributed by atoms with Crippen LogP contribution in [0.1, 0.15) is 12.2 Å². The number of aromatic nitrogens is 6. The van der Waals surface area contributed by atoms with Gasteiger partial charge < -0.3 is 25.5 Å². The molecule has 3 heterocycles. The third-order valence-electron chi connectivity index (χ3n) is 5.36. The summed E-state index contributed by atoms with van der Waals surface area (Å²) >= 11 is 0. The molecule has 1 unspecified atom stereocenters. The van der Waals surface area contributed by atoms with E-state index in [-0.39, 0.29) is 0 Å². The molecule has 1 saturated carbocycles. The molecule has 0 radical (unpaired) electrons. The Hall–Kier alpha value is -3.73. The monoisotopic (exact) mass is 438 g/mol. The molecule has 0 spiro atoms. The minimum absolute atomic E-state index is 0.343. The lowest BCUT2D eigenvalue weighted by Gasteiger charge is -2.16. The van der Waals surface area contributed by atoms with E-state index in [1.54, 1.807) is 31.2 Å². The number of halogens is 1. The number of benzene rings is 1. The molecule has 10 nitrogen and oxygen atoms in total. The van der Waals surface area contributed by atoms with Gasteiger partial charge in [0.2, 0.25) is 0 Å². The van der Waals surface area contributed by atoms with Gasteiger partial charge in [-0.3, -0.25) is 4.68 Å². The van der Waals surface area contributed by atoms with Crippen molar-refractivity contribution in [2.24, 2.45) is 13.0 Å². The number of pyridine rings is 1. The number of aromatic amines is 1. The molecule has 32 heavy (non-hydrogen) atoms. The predicted molar refractivity (Wildman–Crippen MR) is 118 cm³/mol. The molecular weight excluding hydrogens is 415 g/mol. The zero-order chi connectivity index (χ0) is 22.4. The van der Waals surface area contributed by atoms with E-state index in [0.29, 0.717) is 52.2 Å². The first kappa shape index (κ1) is 20.2. The summed E-state index contributed by atoms with van der Waals surface area (Å²) < 4.78 is 20.6. The Labute approximate surface area is 182 Å². The van der Waals surface area contributed by atoms with Crippen LogP contribution in [0.15, 0.2) is 30.6 Å². The number of rotatable bonds is 7. The first-order chi connectivity index (χ1) is 15.4. The normalized spacial score (nSPS) is 18.5. The lowest BCUT2D eigenvalue weighted by atomic mass is 10.1. The third kappa shape index (κ3) is 3.71. The van der Waals surface area contributed by atoms with Gasteiger partial charge in [0.1, 0.15) is 35.9 Å². The molecule has 4 N–H and O–H groups in total. The van der Waals surface area contributed by atoms with Crippen molar-refractivity contribution < 1.29 is 14.2 Å². The fraction of sp³-hybridized carbons (Fsp3) is 0.333. The lowest BCUT2D eigenvalue weighted by Crippen LogP contribution is -2.23. The smallest absolute Gasteiger partial charge is 0.184 e. The van der Waals surface area contributed by atoms with Gasteiger partial charge in [-0.05, 0) is 25.5 Å². The molecule has 0 aliphatic heterocycles. The van der Waals surface area contributed by atoms with Crippen molar-refractivity contribution in [3.05, 3.63) is 36.4 Å². The molecule has 11 heteroatoms. The van der Waals surface area contributed by atoms with Crippen molar-refractivity contribution in [3.63, 3.8) is 0 Å². The molecule has 0 amide bonds. The van der Waals surface area contributed by atoms with E-state index in [1.807, 2.05) is 25.1 Å². The summed E-state index contributed by atoms with van der Waals surface area (Å²) in [6.07, 6.45) is -0.0323. The molecule has 4 aromatic rings. The number of hydrogen-bond acceptors (Lipinski definition) is 8. The van der Waals surface area contributed by atoms with Crippen molar-refractivity contribution in [2.75, 3.05) is 17.7 Å². The number of nitrogens with zero attached hydrogens (tertiary/aromatic N) is 5. The number of alkyl halides is 1. The standard InChI is InChI=1S/C21H23FN8O2/c1-10-24-17-15(8-16(27-20(17)25-10)28-21(31)12-7-13(12)22)26-14-6-4-5-11(18(14)32-3)19-23-9-30(2)29-19/h4-6,8-9,12-13,21,31H,7H2,1-3H3,(H3,24,25,26,27,28)/t12?,13-,21+/m0/s1. The highest BCUT2D eigenvalue weighted by Crippen LogP contribution is 2.39. The first-order valence-electron chi connectivity index (χ1n) is 10.2. The zero-order valence-electron chi connectivity index (χ0n) is 17.8. The zero-order valence-corrected chi connectivity index (χ0v) is 17.8. The van der Waals surface area contributed by atoms with Crippen LogP contribution in [0.5, 0.6) is 5.75 Å². The molecule has 1 aliphatic carbocycles. The predicted octanol–water partition coefficient (Wildman–Crippen LogP) is 2.90. The minimum Gasteiger partial charge on any atom is -0.494 e. The number of hydrogen-bond donors (Lipinski definition) is 4. The van der Waals surface area contributed by atoms with Crippen LogP contribution < -0.4 is 15.4 Å². The van der Waals surface area contributed by atoms with Gasteiger partial charge in [0.05, 0.1) is 24.0 Å².